The van der Waals surface area contributed by atoms with Gasteiger partial charge in [0.25, 0.3) is 5.91 Å². The second-order valence-electron chi connectivity index (χ2n) is 5.20. The van der Waals surface area contributed by atoms with Crippen molar-refractivity contribution in [1.29, 1.82) is 0 Å². The lowest BCUT2D eigenvalue weighted by Gasteiger charge is -2.08. The smallest absolute Gasteiger partial charge is 0.338 e. The van der Waals surface area contributed by atoms with E-state index in [1.807, 2.05) is 6.07 Å². The molecule has 1 amide bonds. The molecule has 8 heteroatoms. The van der Waals surface area contributed by atoms with Gasteiger partial charge in [0.2, 0.25) is 6.79 Å². The van der Waals surface area contributed by atoms with Crippen LogP contribution in [0.1, 0.15) is 15.9 Å². The fourth-order valence-electron chi connectivity index (χ4n) is 2.19. The van der Waals surface area contributed by atoms with Gasteiger partial charge in [-0.1, -0.05) is 29.3 Å². The third-order valence-electron chi connectivity index (χ3n) is 3.36. The van der Waals surface area contributed by atoms with Crippen molar-refractivity contribution in [3.8, 4) is 11.5 Å². The number of carbonyl (C=O) groups is 2. The number of fused-ring (bicyclic) bond motifs is 1. The van der Waals surface area contributed by atoms with E-state index in [0.717, 1.165) is 5.56 Å². The Morgan fingerprint density at radius 2 is 1.76 bits per heavy atom. The van der Waals surface area contributed by atoms with Crippen molar-refractivity contribution in [2.75, 3.05) is 13.4 Å². The van der Waals surface area contributed by atoms with Crippen LogP contribution in [-0.2, 0) is 16.1 Å². The van der Waals surface area contributed by atoms with E-state index in [-0.39, 0.29) is 18.9 Å². The van der Waals surface area contributed by atoms with Crippen LogP contribution < -0.4 is 14.8 Å². The van der Waals surface area contributed by atoms with Crippen LogP contribution in [0, 0.1) is 0 Å². The summed E-state index contributed by atoms with van der Waals surface area (Å²) in [5, 5.41) is 3.28. The molecule has 0 spiro atoms. The Bertz CT molecular complexity index is 804. The quantitative estimate of drug-likeness (QED) is 0.804. The lowest BCUT2D eigenvalue weighted by atomic mass is 10.2. The summed E-state index contributed by atoms with van der Waals surface area (Å²) < 4.78 is 15.4. The highest BCUT2D eigenvalue weighted by atomic mass is 35.5. The zero-order chi connectivity index (χ0) is 17.8. The van der Waals surface area contributed by atoms with Gasteiger partial charge in [-0.05, 0) is 35.9 Å². The van der Waals surface area contributed by atoms with Crippen molar-refractivity contribution in [1.82, 2.24) is 5.32 Å². The van der Waals surface area contributed by atoms with Crippen LogP contribution in [0.4, 0.5) is 0 Å². The number of halogens is 2. The molecule has 0 fully saturated rings. The highest BCUT2D eigenvalue weighted by Gasteiger charge is 2.14. The van der Waals surface area contributed by atoms with Crippen LogP contribution in [0.2, 0.25) is 10.0 Å². The predicted molar refractivity (Wildman–Crippen MR) is 91.2 cm³/mol. The summed E-state index contributed by atoms with van der Waals surface area (Å²) in [5.41, 5.74) is 1.02. The Morgan fingerprint density at radius 3 is 2.52 bits per heavy atom. The van der Waals surface area contributed by atoms with Crippen molar-refractivity contribution in [3.63, 3.8) is 0 Å². The Hall–Kier alpha value is -2.44. The van der Waals surface area contributed by atoms with Crippen LogP contribution in [0.15, 0.2) is 36.4 Å². The van der Waals surface area contributed by atoms with Gasteiger partial charge in [-0.25, -0.2) is 4.79 Å². The molecule has 0 saturated carbocycles. The number of hydrogen-bond acceptors (Lipinski definition) is 5. The van der Waals surface area contributed by atoms with Crippen LogP contribution >= 0.6 is 23.2 Å². The number of carbonyl (C=O) groups excluding carboxylic acids is 2. The average molecular weight is 382 g/mol. The van der Waals surface area contributed by atoms with Gasteiger partial charge in [0.15, 0.2) is 18.1 Å². The molecule has 0 bridgehead atoms. The van der Waals surface area contributed by atoms with Crippen molar-refractivity contribution >= 4 is 35.1 Å². The van der Waals surface area contributed by atoms with E-state index in [0.29, 0.717) is 21.5 Å². The number of amides is 1. The van der Waals surface area contributed by atoms with E-state index < -0.39 is 18.5 Å². The lowest BCUT2D eigenvalue weighted by Crippen LogP contribution is -2.28. The summed E-state index contributed by atoms with van der Waals surface area (Å²) in [6.07, 6.45) is 0. The molecule has 0 aromatic heterocycles. The SMILES string of the molecule is O=C(COC(=O)c1cc(Cl)cc(Cl)c1)NCc1ccc2c(c1)OCO2. The monoisotopic (exact) mass is 381 g/mol. The topological polar surface area (TPSA) is 73.9 Å². The first-order valence-electron chi connectivity index (χ1n) is 7.30. The van der Waals surface area contributed by atoms with E-state index in [1.165, 1.54) is 18.2 Å². The first-order valence-corrected chi connectivity index (χ1v) is 8.05. The molecule has 0 atom stereocenters. The van der Waals surface area contributed by atoms with Crippen molar-refractivity contribution in [2.45, 2.75) is 6.54 Å². The second kappa shape index (κ2) is 7.63. The van der Waals surface area contributed by atoms with Gasteiger partial charge in [-0.3, -0.25) is 4.79 Å². The Morgan fingerprint density at radius 1 is 1.04 bits per heavy atom. The molecule has 130 valence electrons. The lowest BCUT2D eigenvalue weighted by molar-refractivity contribution is -0.124. The zero-order valence-corrected chi connectivity index (χ0v) is 14.4. The maximum Gasteiger partial charge on any atom is 0.338 e. The summed E-state index contributed by atoms with van der Waals surface area (Å²) in [6.45, 7) is 0.0537. The highest BCUT2D eigenvalue weighted by Crippen LogP contribution is 2.32. The molecule has 2 aromatic rings. The molecular formula is C17H13Cl2NO5. The van der Waals surface area contributed by atoms with Gasteiger partial charge in [-0.2, -0.15) is 0 Å². The Balaban J connectivity index is 1.48. The molecule has 3 rings (SSSR count). The second-order valence-corrected chi connectivity index (χ2v) is 6.07. The summed E-state index contributed by atoms with van der Waals surface area (Å²) in [4.78, 5) is 23.7. The molecule has 25 heavy (non-hydrogen) atoms. The first kappa shape index (κ1) is 17.4. The van der Waals surface area contributed by atoms with Gasteiger partial charge in [0.05, 0.1) is 5.56 Å². The number of nitrogens with one attached hydrogen (secondary N) is 1. The summed E-state index contributed by atoms with van der Waals surface area (Å²) in [6, 6.07) is 9.70. The predicted octanol–water partition coefficient (Wildman–Crippen LogP) is 3.20. The van der Waals surface area contributed by atoms with Gasteiger partial charge in [0, 0.05) is 16.6 Å². The number of hydrogen-bond donors (Lipinski definition) is 1. The van der Waals surface area contributed by atoms with E-state index in [1.54, 1.807) is 12.1 Å². The zero-order valence-electron chi connectivity index (χ0n) is 12.9. The fourth-order valence-corrected chi connectivity index (χ4v) is 2.71. The first-order chi connectivity index (χ1) is 12.0. The van der Waals surface area contributed by atoms with E-state index in [9.17, 15) is 9.59 Å². The molecule has 1 aliphatic rings. The molecule has 6 nitrogen and oxygen atoms in total. The van der Waals surface area contributed by atoms with Crippen LogP contribution in [-0.4, -0.2) is 25.3 Å². The molecular weight excluding hydrogens is 369 g/mol. The van der Waals surface area contributed by atoms with Crippen LogP contribution in [0.5, 0.6) is 11.5 Å². The molecule has 2 aromatic carbocycles. The van der Waals surface area contributed by atoms with Crippen molar-refractivity contribution < 1.29 is 23.8 Å². The number of rotatable bonds is 5. The van der Waals surface area contributed by atoms with Crippen LogP contribution in [0.25, 0.3) is 0 Å². The normalized spacial score (nSPS) is 11.9. The van der Waals surface area contributed by atoms with E-state index in [4.69, 9.17) is 37.4 Å². The van der Waals surface area contributed by atoms with E-state index >= 15 is 0 Å². The van der Waals surface area contributed by atoms with Gasteiger partial charge in [0.1, 0.15) is 0 Å². The number of esters is 1. The Labute approximate surface area is 153 Å². The summed E-state index contributed by atoms with van der Waals surface area (Å²) >= 11 is 11.6. The maximum atomic E-state index is 11.9. The summed E-state index contributed by atoms with van der Waals surface area (Å²) in [7, 11) is 0. The number of benzene rings is 2. The standard InChI is InChI=1S/C17H13Cl2NO5/c18-12-4-11(5-13(19)6-12)17(22)23-8-16(21)20-7-10-1-2-14-15(3-10)25-9-24-14/h1-6H,7-9H2,(H,20,21). The highest BCUT2D eigenvalue weighted by molar-refractivity contribution is 6.35. The molecule has 0 saturated heterocycles. The van der Waals surface area contributed by atoms with Gasteiger partial charge >= 0.3 is 5.97 Å². The average Bonchev–Trinajstić information content (AvgIpc) is 3.04. The summed E-state index contributed by atoms with van der Waals surface area (Å²) in [5.74, 6) is 0.196. The maximum absolute atomic E-state index is 11.9. The third kappa shape index (κ3) is 4.55. The van der Waals surface area contributed by atoms with Crippen molar-refractivity contribution in [3.05, 3.63) is 57.6 Å². The van der Waals surface area contributed by atoms with Gasteiger partial charge in [-0.15, -0.1) is 0 Å². The molecule has 1 heterocycles. The molecule has 0 unspecified atom stereocenters. The van der Waals surface area contributed by atoms with Crippen molar-refractivity contribution in [2.24, 2.45) is 0 Å². The molecule has 0 radical (unpaired) electrons. The molecule has 1 aliphatic heterocycles. The number of ether oxygens (including phenoxy) is 3. The van der Waals surface area contributed by atoms with Gasteiger partial charge < -0.3 is 19.5 Å². The van der Waals surface area contributed by atoms with Crippen LogP contribution in [0.3, 0.4) is 0 Å². The molecule has 1 N–H and O–H groups in total. The minimum Gasteiger partial charge on any atom is -0.454 e. The fraction of sp³-hybridized carbons (Fsp3) is 0.176. The minimum atomic E-state index is -0.678. The van der Waals surface area contributed by atoms with E-state index in [2.05, 4.69) is 5.32 Å². The minimum absolute atomic E-state index is 0.182. The largest absolute Gasteiger partial charge is 0.454 e. The third-order valence-corrected chi connectivity index (χ3v) is 3.80. The molecule has 0 aliphatic carbocycles. The Kier molecular flexibility index (Phi) is 5.31.